The van der Waals surface area contributed by atoms with Gasteiger partial charge in [-0.2, -0.15) is 0 Å². The molecule has 1 atom stereocenters. The lowest BCUT2D eigenvalue weighted by molar-refractivity contribution is 0.316. The third-order valence-corrected chi connectivity index (χ3v) is 2.50. The molecule has 4 nitrogen and oxygen atoms in total. The van der Waals surface area contributed by atoms with Crippen molar-refractivity contribution in [2.75, 3.05) is 6.54 Å². The first-order valence-corrected chi connectivity index (χ1v) is 5.40. The second-order valence-corrected chi connectivity index (χ2v) is 3.93. The molecule has 0 radical (unpaired) electrons. The molecule has 1 aromatic carbocycles. The van der Waals surface area contributed by atoms with Crippen molar-refractivity contribution in [1.82, 2.24) is 5.32 Å². The highest BCUT2D eigenvalue weighted by molar-refractivity contribution is 5.79. The molecule has 0 heterocycles. The van der Waals surface area contributed by atoms with Crippen molar-refractivity contribution in [2.45, 2.75) is 26.3 Å². The van der Waals surface area contributed by atoms with Crippen LogP contribution in [0.3, 0.4) is 0 Å². The molecule has 4 N–H and O–H groups in total. The summed E-state index contributed by atoms with van der Waals surface area (Å²) in [6.07, 6.45) is 0.548. The first-order valence-electron chi connectivity index (χ1n) is 5.40. The summed E-state index contributed by atoms with van der Waals surface area (Å²) in [5.74, 6) is 0.254. The molecule has 88 valence electrons. The van der Waals surface area contributed by atoms with Crippen LogP contribution in [-0.2, 0) is 0 Å². The Hall–Kier alpha value is -1.55. The average molecular weight is 221 g/mol. The van der Waals surface area contributed by atoms with Crippen LogP contribution >= 0.6 is 0 Å². The van der Waals surface area contributed by atoms with Crippen molar-refractivity contribution in [3.8, 4) is 0 Å². The van der Waals surface area contributed by atoms with E-state index in [4.69, 9.17) is 10.9 Å². The largest absolute Gasteiger partial charge is 0.409 e. The number of hydrogen-bond donors (Lipinski definition) is 3. The van der Waals surface area contributed by atoms with Crippen LogP contribution in [0.4, 0.5) is 0 Å². The summed E-state index contributed by atoms with van der Waals surface area (Å²) in [6.45, 7) is 4.87. The highest BCUT2D eigenvalue weighted by Gasteiger charge is 2.04. The van der Waals surface area contributed by atoms with Crippen molar-refractivity contribution >= 4 is 5.84 Å². The molecule has 0 aromatic heterocycles. The summed E-state index contributed by atoms with van der Waals surface area (Å²) in [7, 11) is 0. The number of oxime groups is 1. The molecule has 16 heavy (non-hydrogen) atoms. The summed E-state index contributed by atoms with van der Waals surface area (Å²) in [4.78, 5) is 0. The minimum Gasteiger partial charge on any atom is -0.409 e. The van der Waals surface area contributed by atoms with Crippen LogP contribution in [0.2, 0.25) is 0 Å². The van der Waals surface area contributed by atoms with Crippen molar-refractivity contribution in [2.24, 2.45) is 10.9 Å². The fourth-order valence-corrected chi connectivity index (χ4v) is 1.52. The van der Waals surface area contributed by atoms with Crippen molar-refractivity contribution < 1.29 is 5.21 Å². The molecule has 0 saturated heterocycles. The SMILES string of the molecule is Cc1cccc([C@@H](C)NCC/C(N)=N/O)c1. The Bertz CT molecular complexity index is 363. The van der Waals surface area contributed by atoms with E-state index in [-0.39, 0.29) is 11.9 Å². The van der Waals surface area contributed by atoms with Gasteiger partial charge >= 0.3 is 0 Å². The standard InChI is InChI=1S/C12H19N3O/c1-9-4-3-5-11(8-9)10(2)14-7-6-12(13)15-16/h3-5,8,10,14,16H,6-7H2,1-2H3,(H2,13,15)/t10-/m1/s1. The maximum absolute atomic E-state index is 8.39. The van der Waals surface area contributed by atoms with E-state index in [0.29, 0.717) is 13.0 Å². The molecular weight excluding hydrogens is 202 g/mol. The first kappa shape index (κ1) is 12.5. The predicted molar refractivity (Wildman–Crippen MR) is 65.6 cm³/mol. The number of benzene rings is 1. The number of nitrogens with two attached hydrogens (primary N) is 1. The summed E-state index contributed by atoms with van der Waals surface area (Å²) in [6, 6.07) is 8.64. The van der Waals surface area contributed by atoms with Gasteiger partial charge in [0.1, 0.15) is 5.84 Å². The number of nitrogens with one attached hydrogen (secondary N) is 1. The Balaban J connectivity index is 2.44. The van der Waals surface area contributed by atoms with E-state index in [1.807, 2.05) is 6.07 Å². The maximum atomic E-state index is 8.39. The third kappa shape index (κ3) is 3.90. The number of hydrogen-bond acceptors (Lipinski definition) is 3. The fourth-order valence-electron chi connectivity index (χ4n) is 1.52. The van der Waals surface area contributed by atoms with E-state index in [1.54, 1.807) is 0 Å². The van der Waals surface area contributed by atoms with Gasteiger partial charge in [-0.05, 0) is 19.4 Å². The minimum absolute atomic E-state index is 0.254. The summed E-state index contributed by atoms with van der Waals surface area (Å²) < 4.78 is 0. The van der Waals surface area contributed by atoms with Crippen LogP contribution < -0.4 is 11.1 Å². The van der Waals surface area contributed by atoms with Crippen LogP contribution in [0.1, 0.15) is 30.5 Å². The Morgan fingerprint density at radius 1 is 1.56 bits per heavy atom. The number of nitrogens with zero attached hydrogens (tertiary/aromatic N) is 1. The smallest absolute Gasteiger partial charge is 0.140 e. The fraction of sp³-hybridized carbons (Fsp3) is 0.417. The van der Waals surface area contributed by atoms with E-state index in [0.717, 1.165) is 0 Å². The highest BCUT2D eigenvalue weighted by Crippen LogP contribution is 2.13. The van der Waals surface area contributed by atoms with E-state index in [9.17, 15) is 0 Å². The summed E-state index contributed by atoms with van der Waals surface area (Å²) >= 11 is 0. The van der Waals surface area contributed by atoms with Crippen molar-refractivity contribution in [3.63, 3.8) is 0 Å². The van der Waals surface area contributed by atoms with Crippen LogP contribution in [0.5, 0.6) is 0 Å². The van der Waals surface area contributed by atoms with Gasteiger partial charge in [0, 0.05) is 19.0 Å². The molecular formula is C12H19N3O. The third-order valence-electron chi connectivity index (χ3n) is 2.50. The highest BCUT2D eigenvalue weighted by atomic mass is 16.4. The Kier molecular flexibility index (Phi) is 4.79. The van der Waals surface area contributed by atoms with Crippen LogP contribution in [0.25, 0.3) is 0 Å². The average Bonchev–Trinajstić information content (AvgIpc) is 2.28. The Labute approximate surface area is 96.2 Å². The van der Waals surface area contributed by atoms with Crippen molar-refractivity contribution in [1.29, 1.82) is 0 Å². The summed E-state index contributed by atoms with van der Waals surface area (Å²) in [5, 5.41) is 14.6. The van der Waals surface area contributed by atoms with Gasteiger partial charge in [-0.15, -0.1) is 0 Å². The van der Waals surface area contributed by atoms with Crippen LogP contribution in [0, 0.1) is 6.92 Å². The number of aryl methyl sites for hydroxylation is 1. The molecule has 0 fully saturated rings. The van der Waals surface area contributed by atoms with E-state index < -0.39 is 0 Å². The van der Waals surface area contributed by atoms with Crippen LogP contribution in [0.15, 0.2) is 29.4 Å². The van der Waals surface area contributed by atoms with E-state index >= 15 is 0 Å². The second kappa shape index (κ2) is 6.12. The normalized spacial score (nSPS) is 13.8. The molecule has 0 unspecified atom stereocenters. The molecule has 0 saturated carbocycles. The second-order valence-electron chi connectivity index (χ2n) is 3.93. The van der Waals surface area contributed by atoms with Gasteiger partial charge < -0.3 is 16.3 Å². The van der Waals surface area contributed by atoms with Gasteiger partial charge in [0.2, 0.25) is 0 Å². The quantitative estimate of drug-likeness (QED) is 0.307. The molecule has 1 aromatic rings. The molecule has 0 aliphatic rings. The molecule has 0 amide bonds. The van der Waals surface area contributed by atoms with Gasteiger partial charge in [0.05, 0.1) is 0 Å². The van der Waals surface area contributed by atoms with Gasteiger partial charge in [0.15, 0.2) is 0 Å². The molecule has 4 heteroatoms. The topological polar surface area (TPSA) is 70.6 Å². The molecule has 0 bridgehead atoms. The van der Waals surface area contributed by atoms with Crippen molar-refractivity contribution in [3.05, 3.63) is 35.4 Å². The lowest BCUT2D eigenvalue weighted by atomic mass is 10.1. The molecule has 0 aliphatic carbocycles. The minimum atomic E-state index is 0.254. The lowest BCUT2D eigenvalue weighted by Gasteiger charge is -2.14. The predicted octanol–water partition coefficient (Wildman–Crippen LogP) is 1.78. The van der Waals surface area contributed by atoms with E-state index in [2.05, 4.69) is 42.5 Å². The van der Waals surface area contributed by atoms with Gasteiger partial charge in [-0.25, -0.2) is 0 Å². The Morgan fingerprint density at radius 2 is 2.31 bits per heavy atom. The zero-order chi connectivity index (χ0) is 12.0. The van der Waals surface area contributed by atoms with Gasteiger partial charge in [-0.3, -0.25) is 0 Å². The number of rotatable bonds is 5. The van der Waals surface area contributed by atoms with Gasteiger partial charge in [0.25, 0.3) is 0 Å². The summed E-state index contributed by atoms with van der Waals surface area (Å²) in [5.41, 5.74) is 7.88. The molecule has 1 rings (SSSR count). The van der Waals surface area contributed by atoms with Crippen LogP contribution in [-0.4, -0.2) is 17.6 Å². The maximum Gasteiger partial charge on any atom is 0.140 e. The first-order chi connectivity index (χ1) is 7.63. The number of amidine groups is 1. The van der Waals surface area contributed by atoms with E-state index in [1.165, 1.54) is 11.1 Å². The monoisotopic (exact) mass is 221 g/mol. The Morgan fingerprint density at radius 3 is 2.94 bits per heavy atom. The lowest BCUT2D eigenvalue weighted by Crippen LogP contribution is -2.24. The van der Waals surface area contributed by atoms with Gasteiger partial charge in [-0.1, -0.05) is 35.0 Å². The zero-order valence-corrected chi connectivity index (χ0v) is 9.77. The molecule has 0 spiro atoms. The molecule has 0 aliphatic heterocycles. The zero-order valence-electron chi connectivity index (χ0n) is 9.77.